The standard InChI is InChI=1S/C27H29N3O3/c1-20-7-5-11-22(19-20)24-14-13-23(26(32)28-24)27(33)30-17-15-29(16-18-30)25(31)12-6-10-21-8-3-2-4-9-21/h2-5,7-9,11,13-14,19H,6,10,12,15-18H2,1H3,(H,28,32). The van der Waals surface area contributed by atoms with E-state index in [-0.39, 0.29) is 17.4 Å². The fourth-order valence-corrected chi connectivity index (χ4v) is 4.20. The number of aryl methyl sites for hydroxylation is 2. The second-order valence-electron chi connectivity index (χ2n) is 8.50. The molecule has 2 amide bonds. The summed E-state index contributed by atoms with van der Waals surface area (Å²) in [7, 11) is 0. The van der Waals surface area contributed by atoms with E-state index in [1.807, 2.05) is 54.3 Å². The molecule has 170 valence electrons. The van der Waals surface area contributed by atoms with Gasteiger partial charge in [-0.25, -0.2) is 0 Å². The average Bonchev–Trinajstić information content (AvgIpc) is 2.84. The maximum atomic E-state index is 12.9. The van der Waals surface area contributed by atoms with Gasteiger partial charge in [-0.15, -0.1) is 0 Å². The van der Waals surface area contributed by atoms with E-state index in [4.69, 9.17) is 0 Å². The van der Waals surface area contributed by atoms with Crippen LogP contribution in [0.2, 0.25) is 0 Å². The summed E-state index contributed by atoms with van der Waals surface area (Å²) in [4.78, 5) is 44.4. The lowest BCUT2D eigenvalue weighted by atomic mass is 10.1. The van der Waals surface area contributed by atoms with E-state index in [0.29, 0.717) is 38.3 Å². The molecule has 0 unspecified atom stereocenters. The Morgan fingerprint density at radius 2 is 1.61 bits per heavy atom. The minimum atomic E-state index is -0.390. The van der Waals surface area contributed by atoms with Crippen LogP contribution in [-0.4, -0.2) is 52.8 Å². The van der Waals surface area contributed by atoms with E-state index >= 15 is 0 Å². The molecule has 33 heavy (non-hydrogen) atoms. The molecule has 6 nitrogen and oxygen atoms in total. The number of nitrogens with one attached hydrogen (secondary N) is 1. The van der Waals surface area contributed by atoms with Crippen LogP contribution >= 0.6 is 0 Å². The molecule has 0 aliphatic carbocycles. The van der Waals surface area contributed by atoms with Crippen LogP contribution in [0, 0.1) is 6.92 Å². The molecule has 1 aromatic heterocycles. The van der Waals surface area contributed by atoms with Crippen molar-refractivity contribution in [1.29, 1.82) is 0 Å². The number of pyridine rings is 1. The molecular weight excluding hydrogens is 414 g/mol. The molecule has 2 heterocycles. The molecule has 0 saturated carbocycles. The van der Waals surface area contributed by atoms with Crippen molar-refractivity contribution in [2.75, 3.05) is 26.2 Å². The minimum Gasteiger partial charge on any atom is -0.339 e. The fraction of sp³-hybridized carbons (Fsp3) is 0.296. The van der Waals surface area contributed by atoms with E-state index in [0.717, 1.165) is 24.0 Å². The molecule has 6 heteroatoms. The van der Waals surface area contributed by atoms with Crippen molar-refractivity contribution in [3.63, 3.8) is 0 Å². The van der Waals surface area contributed by atoms with Crippen LogP contribution in [0.5, 0.6) is 0 Å². The molecule has 4 rings (SSSR count). The Bertz CT molecular complexity index is 1180. The largest absolute Gasteiger partial charge is 0.339 e. The van der Waals surface area contributed by atoms with Gasteiger partial charge < -0.3 is 14.8 Å². The molecule has 0 radical (unpaired) electrons. The van der Waals surface area contributed by atoms with Gasteiger partial charge in [0.05, 0.1) is 0 Å². The first-order valence-electron chi connectivity index (χ1n) is 11.4. The first-order valence-corrected chi connectivity index (χ1v) is 11.4. The second kappa shape index (κ2) is 10.3. The smallest absolute Gasteiger partial charge is 0.261 e. The molecule has 1 fully saturated rings. The quantitative estimate of drug-likeness (QED) is 0.632. The number of hydrogen-bond acceptors (Lipinski definition) is 3. The summed E-state index contributed by atoms with van der Waals surface area (Å²) >= 11 is 0. The monoisotopic (exact) mass is 443 g/mol. The summed E-state index contributed by atoms with van der Waals surface area (Å²) in [6.07, 6.45) is 2.19. The third-order valence-electron chi connectivity index (χ3n) is 6.09. The van der Waals surface area contributed by atoms with E-state index in [9.17, 15) is 14.4 Å². The molecule has 1 aliphatic heterocycles. The van der Waals surface area contributed by atoms with Crippen molar-refractivity contribution in [3.8, 4) is 11.3 Å². The highest BCUT2D eigenvalue weighted by atomic mass is 16.2. The number of aromatic nitrogens is 1. The van der Waals surface area contributed by atoms with Gasteiger partial charge in [-0.1, -0.05) is 54.1 Å². The highest BCUT2D eigenvalue weighted by molar-refractivity contribution is 5.94. The van der Waals surface area contributed by atoms with E-state index in [1.54, 1.807) is 17.0 Å². The van der Waals surface area contributed by atoms with E-state index < -0.39 is 5.56 Å². The third kappa shape index (κ3) is 5.58. The first-order chi connectivity index (χ1) is 16.0. The summed E-state index contributed by atoms with van der Waals surface area (Å²) in [6.45, 7) is 3.85. The van der Waals surface area contributed by atoms with Crippen molar-refractivity contribution >= 4 is 11.8 Å². The Hall–Kier alpha value is -3.67. The van der Waals surface area contributed by atoms with Crippen LogP contribution in [-0.2, 0) is 11.2 Å². The topological polar surface area (TPSA) is 73.5 Å². The van der Waals surface area contributed by atoms with E-state index in [1.165, 1.54) is 5.56 Å². The zero-order valence-electron chi connectivity index (χ0n) is 18.9. The number of piperazine rings is 1. The Kier molecular flexibility index (Phi) is 7.03. The summed E-state index contributed by atoms with van der Waals surface area (Å²) in [5, 5.41) is 0. The van der Waals surface area contributed by atoms with Crippen molar-refractivity contribution in [2.24, 2.45) is 0 Å². The lowest BCUT2D eigenvalue weighted by Gasteiger charge is -2.34. The van der Waals surface area contributed by atoms with Crippen LogP contribution in [0.25, 0.3) is 11.3 Å². The highest BCUT2D eigenvalue weighted by Crippen LogP contribution is 2.17. The molecule has 2 aromatic carbocycles. The SMILES string of the molecule is Cc1cccc(-c2ccc(C(=O)N3CCN(C(=O)CCCc4ccccc4)CC3)c(=O)[nH]2)c1. The molecule has 0 spiro atoms. The van der Waals surface area contributed by atoms with Crippen molar-refractivity contribution in [3.05, 3.63) is 93.8 Å². The molecule has 3 aromatic rings. The normalized spacial score (nSPS) is 13.7. The van der Waals surface area contributed by atoms with Crippen LogP contribution < -0.4 is 5.56 Å². The number of rotatable bonds is 6. The number of hydrogen-bond donors (Lipinski definition) is 1. The molecule has 0 atom stereocenters. The molecule has 1 aliphatic rings. The minimum absolute atomic E-state index is 0.124. The van der Waals surface area contributed by atoms with Gasteiger partial charge in [-0.3, -0.25) is 14.4 Å². The van der Waals surface area contributed by atoms with Gasteiger partial charge in [0.2, 0.25) is 5.91 Å². The number of carbonyl (C=O) groups is 2. The number of nitrogens with zero attached hydrogens (tertiary/aromatic N) is 2. The Labute approximate surface area is 193 Å². The van der Waals surface area contributed by atoms with Crippen molar-refractivity contribution in [2.45, 2.75) is 26.2 Å². The van der Waals surface area contributed by atoms with Gasteiger partial charge in [0.15, 0.2) is 0 Å². The predicted molar refractivity (Wildman–Crippen MR) is 129 cm³/mol. The van der Waals surface area contributed by atoms with Crippen LogP contribution in [0.4, 0.5) is 0 Å². The van der Waals surface area contributed by atoms with Crippen molar-refractivity contribution in [1.82, 2.24) is 14.8 Å². The van der Waals surface area contributed by atoms with Crippen LogP contribution in [0.1, 0.15) is 34.3 Å². The second-order valence-corrected chi connectivity index (χ2v) is 8.50. The maximum absolute atomic E-state index is 12.9. The summed E-state index contributed by atoms with van der Waals surface area (Å²) in [6, 6.07) is 21.4. The first kappa shape index (κ1) is 22.5. The van der Waals surface area contributed by atoms with Gasteiger partial charge >= 0.3 is 0 Å². The number of amides is 2. The number of carbonyl (C=O) groups excluding carboxylic acids is 2. The Morgan fingerprint density at radius 1 is 0.879 bits per heavy atom. The average molecular weight is 444 g/mol. The number of H-pyrrole nitrogens is 1. The van der Waals surface area contributed by atoms with Gasteiger partial charge in [0.25, 0.3) is 11.5 Å². The lowest BCUT2D eigenvalue weighted by Crippen LogP contribution is -2.51. The van der Waals surface area contributed by atoms with Gasteiger partial charge in [-0.2, -0.15) is 0 Å². The van der Waals surface area contributed by atoms with Gasteiger partial charge in [0, 0.05) is 38.3 Å². The number of benzene rings is 2. The maximum Gasteiger partial charge on any atom is 0.261 e. The lowest BCUT2D eigenvalue weighted by molar-refractivity contribution is -0.132. The van der Waals surface area contributed by atoms with Gasteiger partial charge in [-0.05, 0) is 49.1 Å². The highest BCUT2D eigenvalue weighted by Gasteiger charge is 2.26. The Morgan fingerprint density at radius 3 is 2.30 bits per heavy atom. The van der Waals surface area contributed by atoms with Crippen LogP contribution in [0.3, 0.4) is 0 Å². The zero-order valence-corrected chi connectivity index (χ0v) is 18.9. The molecular formula is C27H29N3O3. The van der Waals surface area contributed by atoms with Crippen LogP contribution in [0.15, 0.2) is 71.5 Å². The summed E-state index contributed by atoms with van der Waals surface area (Å²) in [5.74, 6) is -0.165. The van der Waals surface area contributed by atoms with Crippen molar-refractivity contribution < 1.29 is 9.59 Å². The fourth-order valence-electron chi connectivity index (χ4n) is 4.20. The Balaban J connectivity index is 1.31. The zero-order chi connectivity index (χ0) is 23.2. The number of aromatic amines is 1. The predicted octanol–water partition coefficient (Wildman–Crippen LogP) is 3.66. The summed E-state index contributed by atoms with van der Waals surface area (Å²) in [5.41, 5.74) is 3.67. The summed E-state index contributed by atoms with van der Waals surface area (Å²) < 4.78 is 0. The molecule has 1 saturated heterocycles. The molecule has 1 N–H and O–H groups in total. The van der Waals surface area contributed by atoms with Gasteiger partial charge in [0.1, 0.15) is 5.56 Å². The van der Waals surface area contributed by atoms with E-state index in [2.05, 4.69) is 17.1 Å². The third-order valence-corrected chi connectivity index (χ3v) is 6.09. The molecule has 0 bridgehead atoms.